The van der Waals surface area contributed by atoms with Gasteiger partial charge in [0.2, 0.25) is 0 Å². The number of aromatic carboxylic acids is 1. The van der Waals surface area contributed by atoms with E-state index in [2.05, 4.69) is 25.9 Å². The average molecular weight is 328 g/mol. The smallest absolute Gasteiger partial charge is 0.354 e. The number of nitrogens with zero attached hydrogens (tertiary/aromatic N) is 3. The molecule has 0 amide bonds. The zero-order valence-electron chi connectivity index (χ0n) is 9.72. The van der Waals surface area contributed by atoms with Gasteiger partial charge in [-0.25, -0.2) is 14.8 Å². The quantitative estimate of drug-likeness (QED) is 0.938. The third kappa shape index (κ3) is 2.68. The molecule has 0 unspecified atom stereocenters. The molecule has 2 heterocycles. The van der Waals surface area contributed by atoms with Crippen LogP contribution in [0.1, 0.15) is 10.5 Å². The fourth-order valence-corrected chi connectivity index (χ4v) is 2.64. The third-order valence-corrected chi connectivity index (χ3v) is 3.80. The lowest BCUT2D eigenvalue weighted by Gasteiger charge is -2.12. The SMILES string of the molecule is CN(C)c1cc(C(=O)O)nc(-c2ccc(Br)s2)n1. The van der Waals surface area contributed by atoms with E-state index in [-0.39, 0.29) is 5.69 Å². The number of hydrogen-bond acceptors (Lipinski definition) is 5. The zero-order chi connectivity index (χ0) is 13.3. The summed E-state index contributed by atoms with van der Waals surface area (Å²) in [5.41, 5.74) is -0.00628. The monoisotopic (exact) mass is 327 g/mol. The number of hydrogen-bond donors (Lipinski definition) is 1. The van der Waals surface area contributed by atoms with Crippen LogP contribution in [0.2, 0.25) is 0 Å². The van der Waals surface area contributed by atoms with Crippen LogP contribution in [0, 0.1) is 0 Å². The van der Waals surface area contributed by atoms with Crippen LogP contribution in [0.4, 0.5) is 5.82 Å². The molecule has 0 aliphatic carbocycles. The van der Waals surface area contributed by atoms with Crippen molar-refractivity contribution >= 4 is 39.1 Å². The van der Waals surface area contributed by atoms with Gasteiger partial charge in [-0.1, -0.05) is 0 Å². The Kier molecular flexibility index (Phi) is 3.63. The van der Waals surface area contributed by atoms with E-state index >= 15 is 0 Å². The van der Waals surface area contributed by atoms with Crippen molar-refractivity contribution in [2.45, 2.75) is 0 Å². The highest BCUT2D eigenvalue weighted by Gasteiger charge is 2.13. The van der Waals surface area contributed by atoms with Crippen molar-refractivity contribution in [2.75, 3.05) is 19.0 Å². The molecule has 0 aromatic carbocycles. The topological polar surface area (TPSA) is 66.3 Å². The fraction of sp³-hybridized carbons (Fsp3) is 0.182. The second kappa shape index (κ2) is 5.03. The van der Waals surface area contributed by atoms with Crippen LogP contribution in [0.15, 0.2) is 22.0 Å². The molecule has 0 saturated carbocycles. The first-order valence-electron chi connectivity index (χ1n) is 5.03. The number of aromatic nitrogens is 2. The maximum absolute atomic E-state index is 11.0. The Labute approximate surface area is 116 Å². The molecule has 2 aromatic heterocycles. The molecule has 2 rings (SSSR count). The molecule has 0 spiro atoms. The first-order chi connectivity index (χ1) is 8.47. The fourth-order valence-electron chi connectivity index (χ4n) is 1.32. The summed E-state index contributed by atoms with van der Waals surface area (Å²) < 4.78 is 0.952. The maximum atomic E-state index is 11.0. The lowest BCUT2D eigenvalue weighted by atomic mass is 10.3. The van der Waals surface area contributed by atoms with Crippen LogP contribution in [0.3, 0.4) is 0 Å². The molecule has 0 aliphatic heterocycles. The molecule has 7 heteroatoms. The minimum Gasteiger partial charge on any atom is -0.477 e. The van der Waals surface area contributed by atoms with Gasteiger partial charge in [0, 0.05) is 20.2 Å². The van der Waals surface area contributed by atoms with E-state index in [1.165, 1.54) is 17.4 Å². The summed E-state index contributed by atoms with van der Waals surface area (Å²) in [7, 11) is 3.62. The summed E-state index contributed by atoms with van der Waals surface area (Å²) in [6, 6.07) is 5.19. The lowest BCUT2D eigenvalue weighted by molar-refractivity contribution is 0.0690. The van der Waals surface area contributed by atoms with Crippen molar-refractivity contribution in [1.82, 2.24) is 9.97 Å². The maximum Gasteiger partial charge on any atom is 0.354 e. The van der Waals surface area contributed by atoms with Crippen molar-refractivity contribution in [1.29, 1.82) is 0 Å². The second-order valence-electron chi connectivity index (χ2n) is 3.74. The van der Waals surface area contributed by atoms with Crippen LogP contribution in [0.25, 0.3) is 10.7 Å². The molecular weight excluding hydrogens is 318 g/mol. The third-order valence-electron chi connectivity index (χ3n) is 2.18. The molecule has 1 N–H and O–H groups in total. The Morgan fingerprint density at radius 1 is 1.39 bits per heavy atom. The average Bonchev–Trinajstić information content (AvgIpc) is 2.75. The number of rotatable bonds is 3. The van der Waals surface area contributed by atoms with E-state index in [0.29, 0.717) is 11.6 Å². The van der Waals surface area contributed by atoms with Crippen LogP contribution in [-0.4, -0.2) is 35.1 Å². The first-order valence-corrected chi connectivity index (χ1v) is 6.63. The molecule has 5 nitrogen and oxygen atoms in total. The van der Waals surface area contributed by atoms with Crippen molar-refractivity contribution in [3.63, 3.8) is 0 Å². The van der Waals surface area contributed by atoms with Gasteiger partial charge < -0.3 is 10.0 Å². The molecule has 0 saturated heterocycles. The molecule has 0 fully saturated rings. The molecule has 18 heavy (non-hydrogen) atoms. The highest BCUT2D eigenvalue weighted by Crippen LogP contribution is 2.30. The minimum absolute atomic E-state index is 0.00628. The van der Waals surface area contributed by atoms with Crippen molar-refractivity contribution in [3.05, 3.63) is 27.7 Å². The van der Waals surface area contributed by atoms with Crippen molar-refractivity contribution in [2.24, 2.45) is 0 Å². The molecule has 0 aliphatic rings. The van der Waals surface area contributed by atoms with Crippen molar-refractivity contribution in [3.8, 4) is 10.7 Å². The van der Waals surface area contributed by atoms with Gasteiger partial charge in [-0.15, -0.1) is 11.3 Å². The summed E-state index contributed by atoms with van der Waals surface area (Å²) in [5.74, 6) is -0.0615. The van der Waals surface area contributed by atoms with E-state index in [4.69, 9.17) is 5.11 Å². The van der Waals surface area contributed by atoms with Gasteiger partial charge in [-0.3, -0.25) is 0 Å². The summed E-state index contributed by atoms with van der Waals surface area (Å²) in [4.78, 5) is 22.0. The largest absolute Gasteiger partial charge is 0.477 e. The van der Waals surface area contributed by atoms with E-state index in [0.717, 1.165) is 8.66 Å². The predicted molar refractivity (Wildman–Crippen MR) is 74.3 cm³/mol. The van der Waals surface area contributed by atoms with Crippen LogP contribution in [-0.2, 0) is 0 Å². The minimum atomic E-state index is -1.06. The van der Waals surface area contributed by atoms with E-state index < -0.39 is 5.97 Å². The number of anilines is 1. The number of carboxylic acids is 1. The van der Waals surface area contributed by atoms with Crippen LogP contribution >= 0.6 is 27.3 Å². The van der Waals surface area contributed by atoms with Gasteiger partial charge in [0.1, 0.15) is 5.82 Å². The summed E-state index contributed by atoms with van der Waals surface area (Å²) in [6.45, 7) is 0. The second-order valence-corrected chi connectivity index (χ2v) is 6.20. The number of carboxylic acid groups (broad SMARTS) is 1. The van der Waals surface area contributed by atoms with Crippen molar-refractivity contribution < 1.29 is 9.90 Å². The van der Waals surface area contributed by atoms with Crippen LogP contribution in [0.5, 0.6) is 0 Å². The predicted octanol–water partition coefficient (Wildman–Crippen LogP) is 2.73. The Hall–Kier alpha value is -1.47. The van der Waals surface area contributed by atoms with Gasteiger partial charge in [-0.05, 0) is 28.1 Å². The van der Waals surface area contributed by atoms with Gasteiger partial charge in [0.25, 0.3) is 0 Å². The molecule has 94 valence electrons. The Bertz CT molecular complexity index is 598. The highest BCUT2D eigenvalue weighted by atomic mass is 79.9. The Balaban J connectivity index is 2.56. The summed E-state index contributed by atoms with van der Waals surface area (Å²) >= 11 is 4.82. The summed E-state index contributed by atoms with van der Waals surface area (Å²) in [6.07, 6.45) is 0. The molecular formula is C11H10BrN3O2S. The molecule has 0 radical (unpaired) electrons. The number of thiophene rings is 1. The van der Waals surface area contributed by atoms with E-state index in [1.54, 1.807) is 4.90 Å². The molecule has 0 atom stereocenters. The molecule has 0 bridgehead atoms. The van der Waals surface area contributed by atoms with Gasteiger partial charge in [0.05, 0.1) is 8.66 Å². The lowest BCUT2D eigenvalue weighted by Crippen LogP contribution is -2.13. The first kappa shape index (κ1) is 13.0. The van der Waals surface area contributed by atoms with E-state index in [1.807, 2.05) is 26.2 Å². The number of halogens is 1. The Morgan fingerprint density at radius 2 is 2.11 bits per heavy atom. The van der Waals surface area contributed by atoms with Gasteiger partial charge in [-0.2, -0.15) is 0 Å². The van der Waals surface area contributed by atoms with Crippen LogP contribution < -0.4 is 4.90 Å². The van der Waals surface area contributed by atoms with Gasteiger partial charge in [0.15, 0.2) is 11.5 Å². The van der Waals surface area contributed by atoms with E-state index in [9.17, 15) is 4.79 Å². The summed E-state index contributed by atoms with van der Waals surface area (Å²) in [5, 5.41) is 9.05. The highest BCUT2D eigenvalue weighted by molar-refractivity contribution is 9.11. The standard InChI is InChI=1S/C11H10BrN3O2S/c1-15(2)9-5-6(11(16)17)13-10(14-9)7-3-4-8(12)18-7/h3-5H,1-2H3,(H,16,17). The van der Waals surface area contributed by atoms with Gasteiger partial charge >= 0.3 is 5.97 Å². The zero-order valence-corrected chi connectivity index (χ0v) is 12.1. The number of carbonyl (C=O) groups is 1. The molecule has 2 aromatic rings. The Morgan fingerprint density at radius 3 is 2.61 bits per heavy atom. The normalized spacial score (nSPS) is 10.4.